The highest BCUT2D eigenvalue weighted by molar-refractivity contribution is 5.85. The molecular formula is C6H13ClN2O. The number of nitrogens with zero attached hydrogens (tertiary/aromatic N) is 1. The molecule has 60 valence electrons. The van der Waals surface area contributed by atoms with E-state index in [1.165, 1.54) is 0 Å². The summed E-state index contributed by atoms with van der Waals surface area (Å²) in [5.74, 6) is 0. The lowest BCUT2D eigenvalue weighted by Gasteiger charge is -2.30. The van der Waals surface area contributed by atoms with Crippen LogP contribution in [0, 0.1) is 0 Å². The van der Waals surface area contributed by atoms with Gasteiger partial charge in [-0.15, -0.1) is 12.4 Å². The van der Waals surface area contributed by atoms with Gasteiger partial charge in [0, 0.05) is 25.7 Å². The molecule has 4 heteroatoms. The van der Waals surface area contributed by atoms with E-state index in [0.717, 1.165) is 26.0 Å². The Hall–Kier alpha value is -0.280. The molecule has 1 heterocycles. The Kier molecular flexibility index (Phi) is 4.40. The summed E-state index contributed by atoms with van der Waals surface area (Å²) in [5.41, 5.74) is 0. The maximum Gasteiger partial charge on any atom is 0.210 e. The molecular weight excluding hydrogens is 152 g/mol. The van der Waals surface area contributed by atoms with Crippen LogP contribution in [0.3, 0.4) is 0 Å². The lowest BCUT2D eigenvalue weighted by atomic mass is 10.2. The van der Waals surface area contributed by atoms with E-state index in [1.54, 1.807) is 0 Å². The highest BCUT2D eigenvalue weighted by Gasteiger charge is 2.14. The van der Waals surface area contributed by atoms with Crippen LogP contribution in [0.15, 0.2) is 0 Å². The molecule has 10 heavy (non-hydrogen) atoms. The Morgan fingerprint density at radius 2 is 2.40 bits per heavy atom. The van der Waals surface area contributed by atoms with Gasteiger partial charge in [0.2, 0.25) is 6.41 Å². The molecule has 3 nitrogen and oxygen atoms in total. The fourth-order valence-corrected chi connectivity index (χ4v) is 1.01. The van der Waals surface area contributed by atoms with Gasteiger partial charge in [-0.05, 0) is 6.92 Å². The first-order valence-corrected chi connectivity index (χ1v) is 3.26. The van der Waals surface area contributed by atoms with Crippen molar-refractivity contribution in [3.8, 4) is 0 Å². The molecule has 1 fully saturated rings. The topological polar surface area (TPSA) is 32.3 Å². The van der Waals surface area contributed by atoms with Crippen molar-refractivity contribution in [3.05, 3.63) is 0 Å². The van der Waals surface area contributed by atoms with Crippen molar-refractivity contribution in [2.24, 2.45) is 0 Å². The Bertz CT molecular complexity index is 110. The monoisotopic (exact) mass is 164 g/mol. The van der Waals surface area contributed by atoms with E-state index in [9.17, 15) is 4.79 Å². The normalized spacial score (nSPS) is 25.3. The van der Waals surface area contributed by atoms with Crippen LogP contribution in [-0.2, 0) is 4.79 Å². The lowest BCUT2D eigenvalue weighted by Crippen LogP contribution is -2.48. The molecule has 0 aliphatic carbocycles. The molecule has 0 unspecified atom stereocenters. The Balaban J connectivity index is 0.000000810. The molecule has 0 aromatic heterocycles. The van der Waals surface area contributed by atoms with E-state index in [0.29, 0.717) is 6.04 Å². The standard InChI is InChI=1S/C6H12N2O.ClH/c1-6-4-7-2-3-8(6)5-9;/h5-7H,2-4H2,1H3;1H/t6-;/m1./s1. The average Bonchev–Trinajstić information content (AvgIpc) is 1.89. The minimum atomic E-state index is 0. The number of carbonyl (C=O) groups excluding carboxylic acids is 1. The predicted octanol–water partition coefficient (Wildman–Crippen LogP) is -0.142. The van der Waals surface area contributed by atoms with Gasteiger partial charge in [0.15, 0.2) is 0 Å². The SMILES string of the molecule is C[C@@H]1CNCCN1C=O.Cl. The van der Waals surface area contributed by atoms with E-state index in [2.05, 4.69) is 5.32 Å². The van der Waals surface area contributed by atoms with E-state index in [-0.39, 0.29) is 12.4 Å². The molecule has 1 amide bonds. The van der Waals surface area contributed by atoms with Crippen LogP contribution in [0.4, 0.5) is 0 Å². The minimum absolute atomic E-state index is 0. The van der Waals surface area contributed by atoms with Gasteiger partial charge in [-0.3, -0.25) is 4.79 Å². The summed E-state index contributed by atoms with van der Waals surface area (Å²) in [6.07, 6.45) is 0.922. The average molecular weight is 165 g/mol. The first kappa shape index (κ1) is 9.72. The fraction of sp³-hybridized carbons (Fsp3) is 0.833. The third-order valence-corrected chi connectivity index (χ3v) is 1.69. The number of hydrogen-bond donors (Lipinski definition) is 1. The van der Waals surface area contributed by atoms with Crippen molar-refractivity contribution in [1.82, 2.24) is 10.2 Å². The van der Waals surface area contributed by atoms with Gasteiger partial charge in [0.05, 0.1) is 0 Å². The van der Waals surface area contributed by atoms with Crippen LogP contribution in [0.5, 0.6) is 0 Å². The number of nitrogens with one attached hydrogen (secondary N) is 1. The summed E-state index contributed by atoms with van der Waals surface area (Å²) >= 11 is 0. The van der Waals surface area contributed by atoms with Crippen LogP contribution in [-0.4, -0.2) is 37.0 Å². The molecule has 0 aromatic carbocycles. The van der Waals surface area contributed by atoms with Crippen LogP contribution < -0.4 is 5.32 Å². The fourth-order valence-electron chi connectivity index (χ4n) is 1.01. The number of carbonyl (C=O) groups is 1. The van der Waals surface area contributed by atoms with Gasteiger partial charge >= 0.3 is 0 Å². The summed E-state index contributed by atoms with van der Waals surface area (Å²) < 4.78 is 0. The summed E-state index contributed by atoms with van der Waals surface area (Å²) in [6, 6.07) is 0.372. The molecule has 1 rings (SSSR count). The van der Waals surface area contributed by atoms with Crippen molar-refractivity contribution >= 4 is 18.8 Å². The second-order valence-corrected chi connectivity index (χ2v) is 2.40. The molecule has 0 aromatic rings. The van der Waals surface area contributed by atoms with Crippen molar-refractivity contribution in [3.63, 3.8) is 0 Å². The number of hydrogen-bond acceptors (Lipinski definition) is 2. The zero-order valence-electron chi connectivity index (χ0n) is 6.04. The van der Waals surface area contributed by atoms with Crippen molar-refractivity contribution in [2.75, 3.05) is 19.6 Å². The molecule has 0 spiro atoms. The van der Waals surface area contributed by atoms with Crippen molar-refractivity contribution in [1.29, 1.82) is 0 Å². The Morgan fingerprint density at radius 1 is 1.70 bits per heavy atom. The van der Waals surface area contributed by atoms with Crippen LogP contribution >= 0.6 is 12.4 Å². The number of rotatable bonds is 1. The van der Waals surface area contributed by atoms with E-state index in [4.69, 9.17) is 0 Å². The minimum Gasteiger partial charge on any atom is -0.340 e. The lowest BCUT2D eigenvalue weighted by molar-refractivity contribution is -0.120. The second kappa shape index (κ2) is 4.52. The van der Waals surface area contributed by atoms with Gasteiger partial charge in [-0.2, -0.15) is 0 Å². The molecule has 1 N–H and O–H groups in total. The Morgan fingerprint density at radius 3 is 2.80 bits per heavy atom. The van der Waals surface area contributed by atoms with Gasteiger partial charge in [0.25, 0.3) is 0 Å². The highest BCUT2D eigenvalue weighted by Crippen LogP contribution is 1.96. The third-order valence-electron chi connectivity index (χ3n) is 1.69. The Labute approximate surface area is 67.2 Å². The maximum absolute atomic E-state index is 10.3. The van der Waals surface area contributed by atoms with E-state index >= 15 is 0 Å². The van der Waals surface area contributed by atoms with E-state index in [1.807, 2.05) is 11.8 Å². The molecule has 1 aliphatic heterocycles. The number of piperazine rings is 1. The zero-order valence-corrected chi connectivity index (χ0v) is 6.86. The molecule has 0 saturated carbocycles. The summed E-state index contributed by atoms with van der Waals surface area (Å²) in [6.45, 7) is 4.76. The summed E-state index contributed by atoms with van der Waals surface area (Å²) in [7, 11) is 0. The van der Waals surface area contributed by atoms with Crippen LogP contribution in [0.2, 0.25) is 0 Å². The van der Waals surface area contributed by atoms with E-state index < -0.39 is 0 Å². The first-order valence-electron chi connectivity index (χ1n) is 3.26. The zero-order chi connectivity index (χ0) is 6.69. The first-order chi connectivity index (χ1) is 4.34. The number of halogens is 1. The van der Waals surface area contributed by atoms with Crippen LogP contribution in [0.25, 0.3) is 0 Å². The van der Waals surface area contributed by atoms with Gasteiger partial charge in [-0.1, -0.05) is 0 Å². The largest absolute Gasteiger partial charge is 0.340 e. The van der Waals surface area contributed by atoms with Crippen LogP contribution in [0.1, 0.15) is 6.92 Å². The summed E-state index contributed by atoms with van der Waals surface area (Å²) in [5, 5.41) is 3.20. The molecule has 0 radical (unpaired) electrons. The molecule has 0 bridgehead atoms. The smallest absolute Gasteiger partial charge is 0.210 e. The highest BCUT2D eigenvalue weighted by atomic mass is 35.5. The number of amides is 1. The second-order valence-electron chi connectivity index (χ2n) is 2.40. The third kappa shape index (κ3) is 2.15. The predicted molar refractivity (Wildman–Crippen MR) is 42.3 cm³/mol. The molecule has 1 aliphatic rings. The van der Waals surface area contributed by atoms with Gasteiger partial charge < -0.3 is 10.2 Å². The molecule has 1 saturated heterocycles. The van der Waals surface area contributed by atoms with Crippen molar-refractivity contribution < 1.29 is 4.79 Å². The quantitative estimate of drug-likeness (QED) is 0.548. The molecule has 1 atom stereocenters. The summed E-state index contributed by atoms with van der Waals surface area (Å²) in [4.78, 5) is 12.1. The maximum atomic E-state index is 10.3. The van der Waals surface area contributed by atoms with Gasteiger partial charge in [-0.25, -0.2) is 0 Å². The van der Waals surface area contributed by atoms with Gasteiger partial charge in [0.1, 0.15) is 0 Å². The van der Waals surface area contributed by atoms with Crippen molar-refractivity contribution in [2.45, 2.75) is 13.0 Å².